The van der Waals surface area contributed by atoms with Crippen LogP contribution >= 0.6 is 0 Å². The zero-order chi connectivity index (χ0) is 9.12. The number of hydrogen-bond acceptors (Lipinski definition) is 4. The Labute approximate surface area is 66.9 Å². The summed E-state index contributed by atoms with van der Waals surface area (Å²) in [5.41, 5.74) is -2.92. The van der Waals surface area contributed by atoms with Crippen LogP contribution in [0.5, 0.6) is 0 Å². The van der Waals surface area contributed by atoms with Crippen LogP contribution in [0.25, 0.3) is 0 Å². The van der Waals surface area contributed by atoms with Crippen LogP contribution in [-0.4, -0.2) is 40.3 Å². The second-order valence-corrected chi connectivity index (χ2v) is 2.90. The van der Waals surface area contributed by atoms with Crippen LogP contribution in [0.3, 0.4) is 0 Å². The van der Waals surface area contributed by atoms with Gasteiger partial charge in [-0.15, -0.1) is 0 Å². The second-order valence-electron chi connectivity index (χ2n) is 2.90. The van der Waals surface area contributed by atoms with Gasteiger partial charge in [0.1, 0.15) is 11.3 Å². The van der Waals surface area contributed by atoms with Gasteiger partial charge >= 0.3 is 0 Å². The third kappa shape index (κ3) is 1.90. The second kappa shape index (κ2) is 3.49. The summed E-state index contributed by atoms with van der Waals surface area (Å²) in [6.45, 7) is 2.63. The Morgan fingerprint density at radius 1 is 1.36 bits per heavy atom. The van der Waals surface area contributed by atoms with Gasteiger partial charge in [-0.25, -0.2) is 0 Å². The molecule has 0 aliphatic heterocycles. The molecule has 0 aromatic heterocycles. The topological polar surface area (TPSA) is 72.7 Å². The number of aliphatic hydroxyl groups excluding tert-OH is 1. The van der Waals surface area contributed by atoms with Gasteiger partial charge in [-0.3, -0.25) is 5.32 Å². The van der Waals surface area contributed by atoms with E-state index >= 15 is 0 Å². The average molecular weight is 163 g/mol. The first kappa shape index (κ1) is 10.8. The Morgan fingerprint density at radius 3 is 1.91 bits per heavy atom. The van der Waals surface area contributed by atoms with Gasteiger partial charge in [0.25, 0.3) is 0 Å². The highest BCUT2D eigenvalue weighted by Gasteiger charge is 2.42. The maximum atomic E-state index is 9.64. The van der Waals surface area contributed by atoms with Gasteiger partial charge in [-0.2, -0.15) is 0 Å². The zero-order valence-electron chi connectivity index (χ0n) is 7.26. The lowest BCUT2D eigenvalue weighted by molar-refractivity contribution is -0.177. The molecule has 11 heavy (non-hydrogen) atoms. The monoisotopic (exact) mass is 163 g/mol. The van der Waals surface area contributed by atoms with E-state index in [4.69, 9.17) is 5.11 Å². The first-order valence-electron chi connectivity index (χ1n) is 3.68. The van der Waals surface area contributed by atoms with Crippen LogP contribution in [-0.2, 0) is 0 Å². The lowest BCUT2D eigenvalue weighted by Crippen LogP contribution is -2.62. The fourth-order valence-corrected chi connectivity index (χ4v) is 0.958. The first-order chi connectivity index (χ1) is 4.93. The van der Waals surface area contributed by atoms with Crippen molar-refractivity contribution in [1.82, 2.24) is 5.32 Å². The quantitative estimate of drug-likeness (QED) is 0.403. The van der Waals surface area contributed by atoms with Crippen molar-refractivity contribution in [2.45, 2.75) is 31.6 Å². The molecule has 4 nitrogen and oxygen atoms in total. The lowest BCUT2D eigenvalue weighted by Gasteiger charge is -2.39. The molecule has 0 fully saturated rings. The number of aliphatic hydroxyl groups is 3. The molecule has 0 rings (SSSR count). The maximum absolute atomic E-state index is 9.64. The predicted molar refractivity (Wildman–Crippen MR) is 42.0 cm³/mol. The van der Waals surface area contributed by atoms with Crippen LogP contribution in [0.2, 0.25) is 0 Å². The largest absolute Gasteiger partial charge is 0.393 e. The summed E-state index contributed by atoms with van der Waals surface area (Å²) in [6.07, 6.45) is 0.330. The van der Waals surface area contributed by atoms with E-state index in [1.165, 1.54) is 14.0 Å². The van der Waals surface area contributed by atoms with Crippen molar-refractivity contribution in [1.29, 1.82) is 0 Å². The summed E-state index contributed by atoms with van der Waals surface area (Å²) in [5, 5.41) is 30.4. The third-order valence-electron chi connectivity index (χ3n) is 2.12. The molecule has 4 N–H and O–H groups in total. The molecule has 0 aromatic carbocycles. The van der Waals surface area contributed by atoms with Crippen molar-refractivity contribution in [3.8, 4) is 0 Å². The molecular weight excluding hydrogens is 146 g/mol. The van der Waals surface area contributed by atoms with Crippen molar-refractivity contribution in [3.05, 3.63) is 0 Å². The van der Waals surface area contributed by atoms with Crippen molar-refractivity contribution in [2.75, 3.05) is 13.7 Å². The SMILES string of the molecule is CCC(O)(NC)C(C)(O)CO. The smallest absolute Gasteiger partial charge is 0.146 e. The molecule has 0 spiro atoms. The molecule has 68 valence electrons. The highest BCUT2D eigenvalue weighted by atomic mass is 16.4. The molecule has 0 saturated carbocycles. The molecule has 2 unspecified atom stereocenters. The fourth-order valence-electron chi connectivity index (χ4n) is 0.958. The van der Waals surface area contributed by atoms with E-state index in [2.05, 4.69) is 5.32 Å². The third-order valence-corrected chi connectivity index (χ3v) is 2.12. The molecule has 0 aliphatic carbocycles. The predicted octanol–water partition coefficient (Wildman–Crippen LogP) is -0.952. The average Bonchev–Trinajstić information content (AvgIpc) is 2.02. The van der Waals surface area contributed by atoms with E-state index in [1.54, 1.807) is 6.92 Å². The van der Waals surface area contributed by atoms with E-state index in [0.29, 0.717) is 6.42 Å². The Morgan fingerprint density at radius 2 is 1.82 bits per heavy atom. The van der Waals surface area contributed by atoms with Gasteiger partial charge in [-0.1, -0.05) is 6.92 Å². The highest BCUT2D eigenvalue weighted by Crippen LogP contribution is 2.21. The van der Waals surface area contributed by atoms with Gasteiger partial charge in [0.05, 0.1) is 6.61 Å². The van der Waals surface area contributed by atoms with Gasteiger partial charge in [0.2, 0.25) is 0 Å². The molecule has 0 heterocycles. The Hall–Kier alpha value is -0.160. The van der Waals surface area contributed by atoms with E-state index in [-0.39, 0.29) is 0 Å². The zero-order valence-corrected chi connectivity index (χ0v) is 7.26. The van der Waals surface area contributed by atoms with Crippen molar-refractivity contribution < 1.29 is 15.3 Å². The number of nitrogens with one attached hydrogen (secondary N) is 1. The highest BCUT2D eigenvalue weighted by molar-refractivity contribution is 4.92. The van der Waals surface area contributed by atoms with Crippen LogP contribution in [0.4, 0.5) is 0 Å². The van der Waals surface area contributed by atoms with Crippen molar-refractivity contribution >= 4 is 0 Å². The van der Waals surface area contributed by atoms with Crippen molar-refractivity contribution in [3.63, 3.8) is 0 Å². The van der Waals surface area contributed by atoms with Gasteiger partial charge in [0.15, 0.2) is 0 Å². The lowest BCUT2D eigenvalue weighted by atomic mass is 9.91. The summed E-state index contributed by atoms with van der Waals surface area (Å²) in [6, 6.07) is 0. The minimum Gasteiger partial charge on any atom is -0.393 e. The first-order valence-corrected chi connectivity index (χ1v) is 3.68. The minimum absolute atomic E-state index is 0.330. The number of hydrogen-bond donors (Lipinski definition) is 4. The normalized spacial score (nSPS) is 22.4. The Bertz CT molecular complexity index is 121. The van der Waals surface area contributed by atoms with Crippen LogP contribution in [0.15, 0.2) is 0 Å². The van der Waals surface area contributed by atoms with E-state index < -0.39 is 17.9 Å². The minimum atomic E-state index is -1.50. The molecule has 2 atom stereocenters. The number of rotatable bonds is 4. The van der Waals surface area contributed by atoms with Crippen molar-refractivity contribution in [2.24, 2.45) is 0 Å². The summed E-state index contributed by atoms with van der Waals surface area (Å²) >= 11 is 0. The Balaban J connectivity index is 4.47. The van der Waals surface area contributed by atoms with E-state index in [1.807, 2.05) is 0 Å². The molecule has 4 heteroatoms. The Kier molecular flexibility index (Phi) is 3.44. The fraction of sp³-hybridized carbons (Fsp3) is 1.00. The van der Waals surface area contributed by atoms with Gasteiger partial charge in [-0.05, 0) is 20.4 Å². The van der Waals surface area contributed by atoms with Gasteiger partial charge in [0, 0.05) is 0 Å². The van der Waals surface area contributed by atoms with Gasteiger partial charge < -0.3 is 15.3 Å². The molecule has 0 amide bonds. The summed E-state index contributed by atoms with van der Waals surface area (Å²) in [5.74, 6) is 0. The van der Waals surface area contributed by atoms with E-state index in [0.717, 1.165) is 0 Å². The molecule has 0 radical (unpaired) electrons. The molecule has 0 bridgehead atoms. The molecule has 0 saturated heterocycles. The van der Waals surface area contributed by atoms with E-state index in [9.17, 15) is 10.2 Å². The van der Waals surface area contributed by atoms with Crippen LogP contribution in [0, 0.1) is 0 Å². The standard InChI is InChI=1S/C7H17NO3/c1-4-7(11,8-3)6(2,10)5-9/h8-11H,4-5H2,1-3H3. The number of likely N-dealkylation sites (N-methyl/N-ethyl adjacent to an activating group) is 1. The van der Waals surface area contributed by atoms with Crippen LogP contribution in [0.1, 0.15) is 20.3 Å². The summed E-state index contributed by atoms with van der Waals surface area (Å²) < 4.78 is 0. The molecule has 0 aromatic rings. The summed E-state index contributed by atoms with van der Waals surface area (Å²) in [7, 11) is 1.54. The molecule has 0 aliphatic rings. The summed E-state index contributed by atoms with van der Waals surface area (Å²) in [4.78, 5) is 0. The molecular formula is C7H17NO3. The van der Waals surface area contributed by atoms with Crippen LogP contribution < -0.4 is 5.32 Å². The maximum Gasteiger partial charge on any atom is 0.146 e.